The van der Waals surface area contributed by atoms with Crippen LogP contribution in [0, 0.1) is 11.8 Å². The van der Waals surface area contributed by atoms with Crippen molar-refractivity contribution in [1.82, 2.24) is 15.3 Å². The fourth-order valence-electron chi connectivity index (χ4n) is 4.12. The molecule has 2 heterocycles. The van der Waals surface area contributed by atoms with Crippen LogP contribution in [-0.2, 0) is 0 Å². The molecule has 0 saturated heterocycles. The second-order valence-corrected chi connectivity index (χ2v) is 8.70. The van der Waals surface area contributed by atoms with Crippen molar-refractivity contribution in [3.8, 4) is 11.8 Å². The predicted octanol–water partition coefficient (Wildman–Crippen LogP) is 5.12. The van der Waals surface area contributed by atoms with Crippen molar-refractivity contribution in [1.29, 1.82) is 0 Å². The van der Waals surface area contributed by atoms with E-state index in [1.807, 2.05) is 42.6 Å². The van der Waals surface area contributed by atoms with Gasteiger partial charge in [-0.3, -0.25) is 14.8 Å². The first-order chi connectivity index (χ1) is 18.2. The van der Waals surface area contributed by atoms with Crippen LogP contribution in [0.25, 0.3) is 5.57 Å². The van der Waals surface area contributed by atoms with Crippen LogP contribution in [0.1, 0.15) is 59.3 Å². The molecule has 0 spiro atoms. The Kier molecular flexibility index (Phi) is 9.31. The number of aliphatic imine (C=N–C) groups is 2. The minimum absolute atomic E-state index is 0.399. The van der Waals surface area contributed by atoms with E-state index in [0.717, 1.165) is 47.3 Å². The number of nitrogens with zero attached hydrogens (tertiary/aromatic N) is 4. The van der Waals surface area contributed by atoms with Crippen molar-refractivity contribution in [2.24, 2.45) is 9.98 Å². The Morgan fingerprint density at radius 1 is 1.03 bits per heavy atom. The monoisotopic (exact) mass is 490 g/mol. The fourth-order valence-corrected chi connectivity index (χ4v) is 4.12. The smallest absolute Gasteiger partial charge is 0.150 e. The summed E-state index contributed by atoms with van der Waals surface area (Å²) in [4.78, 5) is 28.1. The Bertz CT molecular complexity index is 1310. The number of benzene rings is 1. The molecule has 1 aliphatic rings. The zero-order valence-corrected chi connectivity index (χ0v) is 20.7. The predicted molar refractivity (Wildman–Crippen MR) is 150 cm³/mol. The molecule has 0 atom stereocenters. The highest BCUT2D eigenvalue weighted by Crippen LogP contribution is 2.22. The van der Waals surface area contributed by atoms with Gasteiger partial charge in [-0.1, -0.05) is 25.2 Å². The van der Waals surface area contributed by atoms with Crippen molar-refractivity contribution in [2.45, 2.75) is 38.1 Å². The first-order valence-electron chi connectivity index (χ1n) is 12.4. The molecular formula is C30H30N6O. The molecule has 7 nitrogen and oxygen atoms in total. The number of anilines is 1. The van der Waals surface area contributed by atoms with Gasteiger partial charge in [-0.05, 0) is 79.6 Å². The first kappa shape index (κ1) is 25.5. The maximum atomic E-state index is 10.9. The van der Waals surface area contributed by atoms with Crippen LogP contribution >= 0.6 is 0 Å². The summed E-state index contributed by atoms with van der Waals surface area (Å²) in [5.74, 6) is 6.81. The molecule has 0 unspecified atom stereocenters. The van der Waals surface area contributed by atoms with E-state index >= 15 is 0 Å². The highest BCUT2D eigenvalue weighted by Gasteiger charge is 2.16. The fraction of sp³-hybridized carbons (Fsp3) is 0.233. The Balaban J connectivity index is 1.41. The lowest BCUT2D eigenvalue weighted by molar-refractivity contribution is 0.112. The largest absolute Gasteiger partial charge is 0.367 e. The summed E-state index contributed by atoms with van der Waals surface area (Å²) < 4.78 is 0. The van der Waals surface area contributed by atoms with Gasteiger partial charge in [-0.25, -0.2) is 9.98 Å². The zero-order valence-electron chi connectivity index (χ0n) is 20.7. The number of pyridine rings is 2. The van der Waals surface area contributed by atoms with Gasteiger partial charge in [0, 0.05) is 53.2 Å². The molecule has 7 heteroatoms. The van der Waals surface area contributed by atoms with Gasteiger partial charge in [0.1, 0.15) is 24.5 Å². The average Bonchev–Trinajstić information content (AvgIpc) is 2.97. The zero-order chi connectivity index (χ0) is 25.7. The maximum Gasteiger partial charge on any atom is 0.150 e. The van der Waals surface area contributed by atoms with Crippen LogP contribution < -0.4 is 10.6 Å². The van der Waals surface area contributed by atoms with E-state index in [4.69, 9.17) is 0 Å². The number of allylic oxidation sites excluding steroid dienone is 1. The summed E-state index contributed by atoms with van der Waals surface area (Å²) in [7, 11) is 0. The van der Waals surface area contributed by atoms with Crippen molar-refractivity contribution in [3.05, 3.63) is 95.3 Å². The SMILES string of the molecule is C=N/C(NC1CCCCC1)=C(\C=N/CNc1ccc(C#Cc2cc(C=O)ccn2)cc1)c1ccncc1. The number of carbonyl (C=O) groups excluding carboxylic acids is 1. The highest BCUT2D eigenvalue weighted by atomic mass is 16.1. The summed E-state index contributed by atoms with van der Waals surface area (Å²) in [5.41, 5.74) is 4.78. The van der Waals surface area contributed by atoms with E-state index in [1.165, 1.54) is 19.3 Å². The minimum atomic E-state index is 0.399. The third kappa shape index (κ3) is 7.71. The van der Waals surface area contributed by atoms with Crippen molar-refractivity contribution < 1.29 is 4.79 Å². The van der Waals surface area contributed by atoms with Crippen LogP contribution in [0.3, 0.4) is 0 Å². The van der Waals surface area contributed by atoms with Crippen molar-refractivity contribution >= 4 is 30.5 Å². The summed E-state index contributed by atoms with van der Waals surface area (Å²) in [5, 5.41) is 6.89. The van der Waals surface area contributed by atoms with Crippen molar-refractivity contribution in [3.63, 3.8) is 0 Å². The Morgan fingerprint density at radius 2 is 1.81 bits per heavy atom. The lowest BCUT2D eigenvalue weighted by Crippen LogP contribution is -2.30. The molecular weight excluding hydrogens is 460 g/mol. The second kappa shape index (κ2) is 13.5. The maximum absolute atomic E-state index is 10.9. The van der Waals surface area contributed by atoms with Crippen LogP contribution in [-0.4, -0.2) is 41.9 Å². The quantitative estimate of drug-likeness (QED) is 0.247. The van der Waals surface area contributed by atoms with E-state index in [2.05, 4.69) is 49.1 Å². The number of hydrogen-bond donors (Lipinski definition) is 2. The number of rotatable bonds is 9. The third-order valence-corrected chi connectivity index (χ3v) is 6.09. The van der Waals surface area contributed by atoms with Crippen LogP contribution in [0.4, 0.5) is 5.69 Å². The van der Waals surface area contributed by atoms with Gasteiger partial charge in [-0.15, -0.1) is 0 Å². The van der Waals surface area contributed by atoms with Gasteiger partial charge in [0.05, 0.1) is 0 Å². The minimum Gasteiger partial charge on any atom is -0.367 e. The van der Waals surface area contributed by atoms with Gasteiger partial charge in [0.15, 0.2) is 0 Å². The molecule has 4 rings (SSSR count). The Hall–Kier alpha value is -4.57. The van der Waals surface area contributed by atoms with E-state index < -0.39 is 0 Å². The topological polar surface area (TPSA) is 91.6 Å². The van der Waals surface area contributed by atoms with E-state index in [9.17, 15) is 4.79 Å². The molecule has 37 heavy (non-hydrogen) atoms. The number of hydrogen-bond acceptors (Lipinski definition) is 7. The van der Waals surface area contributed by atoms with Gasteiger partial charge in [0.25, 0.3) is 0 Å². The van der Waals surface area contributed by atoms with E-state index in [-0.39, 0.29) is 0 Å². The van der Waals surface area contributed by atoms with E-state index in [0.29, 0.717) is 24.0 Å². The number of nitrogens with one attached hydrogen (secondary N) is 2. The van der Waals surface area contributed by atoms with Gasteiger partial charge in [0.2, 0.25) is 0 Å². The average molecular weight is 491 g/mol. The molecule has 3 aromatic rings. The summed E-state index contributed by atoms with van der Waals surface area (Å²) in [6.07, 6.45) is 13.8. The molecule has 0 bridgehead atoms. The molecule has 1 aliphatic carbocycles. The van der Waals surface area contributed by atoms with E-state index in [1.54, 1.807) is 30.7 Å². The molecule has 2 aromatic heterocycles. The molecule has 186 valence electrons. The highest BCUT2D eigenvalue weighted by molar-refractivity contribution is 6.11. The second-order valence-electron chi connectivity index (χ2n) is 8.70. The summed E-state index contributed by atoms with van der Waals surface area (Å²) in [6.45, 7) is 4.20. The number of aldehydes is 1. The Labute approximate surface area is 217 Å². The Morgan fingerprint density at radius 3 is 2.54 bits per heavy atom. The van der Waals surface area contributed by atoms with Crippen molar-refractivity contribution in [2.75, 3.05) is 12.0 Å². The van der Waals surface area contributed by atoms with Gasteiger partial charge in [-0.2, -0.15) is 0 Å². The molecule has 1 aromatic carbocycles. The molecule has 1 saturated carbocycles. The van der Waals surface area contributed by atoms with Crippen LogP contribution in [0.15, 0.2) is 82.9 Å². The van der Waals surface area contributed by atoms with Crippen LogP contribution in [0.2, 0.25) is 0 Å². The lowest BCUT2D eigenvalue weighted by atomic mass is 9.95. The number of carbonyl (C=O) groups is 1. The molecule has 0 radical (unpaired) electrons. The lowest BCUT2D eigenvalue weighted by Gasteiger charge is -2.24. The third-order valence-electron chi connectivity index (χ3n) is 6.09. The van der Waals surface area contributed by atoms with Crippen LogP contribution in [0.5, 0.6) is 0 Å². The molecule has 0 aliphatic heterocycles. The van der Waals surface area contributed by atoms with Gasteiger partial charge >= 0.3 is 0 Å². The number of aromatic nitrogens is 2. The first-order valence-corrected chi connectivity index (χ1v) is 12.4. The summed E-state index contributed by atoms with van der Waals surface area (Å²) >= 11 is 0. The summed E-state index contributed by atoms with van der Waals surface area (Å²) in [6, 6.07) is 15.4. The molecule has 0 amide bonds. The molecule has 2 N–H and O–H groups in total. The molecule has 1 fully saturated rings. The van der Waals surface area contributed by atoms with Gasteiger partial charge < -0.3 is 10.6 Å². The standard InChI is InChI=1S/C30H30N6O/c1-31-30(36-27-5-3-2-4-6-27)29(25-14-16-32-17-15-25)20-33-22-35-26-10-7-23(8-11-26)9-12-28-19-24(21-37)13-18-34-28/h7-8,10-11,13-21,27,35-36H,1-6,22H2/b30-29-,33-20-. The normalized spacial score (nSPS) is 14.3.